The van der Waals surface area contributed by atoms with Gasteiger partial charge in [0, 0.05) is 0 Å². The van der Waals surface area contributed by atoms with E-state index < -0.39 is 0 Å². The zero-order valence-electron chi connectivity index (χ0n) is 11.0. The maximum Gasteiger partial charge on any atom is 0.163 e. The van der Waals surface area contributed by atoms with Crippen LogP contribution in [0.2, 0.25) is 0 Å². The van der Waals surface area contributed by atoms with Crippen molar-refractivity contribution in [3.8, 4) is 0 Å². The van der Waals surface area contributed by atoms with E-state index in [0.29, 0.717) is 24.0 Å². The Morgan fingerprint density at radius 3 is 2.20 bits per heavy atom. The maximum atomic E-state index is 5.92. The van der Waals surface area contributed by atoms with E-state index in [-0.39, 0.29) is 5.79 Å². The highest BCUT2D eigenvalue weighted by molar-refractivity contribution is 4.95. The summed E-state index contributed by atoms with van der Waals surface area (Å²) in [4.78, 5) is 0. The van der Waals surface area contributed by atoms with Crippen molar-refractivity contribution in [3.05, 3.63) is 0 Å². The second-order valence-corrected chi connectivity index (χ2v) is 4.95. The Bertz CT molecular complexity index is 201. The molecule has 1 heterocycles. The van der Waals surface area contributed by atoms with Crippen molar-refractivity contribution in [1.82, 2.24) is 0 Å². The summed E-state index contributed by atoms with van der Waals surface area (Å²) < 4.78 is 11.8. The molecule has 4 atom stereocenters. The molecule has 2 nitrogen and oxygen atoms in total. The molecule has 2 fully saturated rings. The van der Waals surface area contributed by atoms with Crippen molar-refractivity contribution in [2.75, 3.05) is 0 Å². The van der Waals surface area contributed by atoms with Gasteiger partial charge in [0.25, 0.3) is 0 Å². The van der Waals surface area contributed by atoms with Crippen LogP contribution in [0.25, 0.3) is 0 Å². The van der Waals surface area contributed by atoms with Crippen molar-refractivity contribution < 1.29 is 9.47 Å². The smallest absolute Gasteiger partial charge is 0.163 e. The first-order valence-electron chi connectivity index (χ1n) is 6.39. The van der Waals surface area contributed by atoms with Gasteiger partial charge in [0.2, 0.25) is 0 Å². The van der Waals surface area contributed by atoms with Crippen LogP contribution in [0.5, 0.6) is 0 Å². The molecule has 2 aliphatic rings. The Hall–Kier alpha value is -0.0800. The molecule has 0 bridgehead atoms. The molecule has 1 aliphatic heterocycles. The zero-order chi connectivity index (χ0) is 11.6. The summed E-state index contributed by atoms with van der Waals surface area (Å²) in [6, 6.07) is 0. The van der Waals surface area contributed by atoms with Crippen LogP contribution in [0, 0.1) is 11.8 Å². The summed E-state index contributed by atoms with van der Waals surface area (Å²) in [5.41, 5.74) is 0. The van der Waals surface area contributed by atoms with Crippen LogP contribution < -0.4 is 0 Å². The minimum atomic E-state index is -0.350. The van der Waals surface area contributed by atoms with Gasteiger partial charge in [-0.05, 0) is 32.1 Å². The molecular weight excluding hydrogens is 188 g/mol. The highest BCUT2D eigenvalue weighted by atomic mass is 16.8. The molecule has 90 valence electrons. The molecule has 1 aliphatic carbocycles. The van der Waals surface area contributed by atoms with Gasteiger partial charge in [0.05, 0.1) is 12.2 Å². The Kier molecular flexibility index (Phi) is 4.19. The van der Waals surface area contributed by atoms with Crippen LogP contribution in [-0.2, 0) is 9.47 Å². The highest BCUT2D eigenvalue weighted by Gasteiger charge is 2.51. The fourth-order valence-electron chi connectivity index (χ4n) is 2.77. The Morgan fingerprint density at radius 2 is 1.67 bits per heavy atom. The summed E-state index contributed by atoms with van der Waals surface area (Å²) in [5.74, 6) is 1.02. The molecule has 15 heavy (non-hydrogen) atoms. The predicted molar refractivity (Wildman–Crippen MR) is 62.7 cm³/mol. The third-order valence-electron chi connectivity index (χ3n) is 3.39. The molecule has 0 spiro atoms. The molecule has 0 N–H and O–H groups in total. The van der Waals surface area contributed by atoms with E-state index in [2.05, 4.69) is 13.8 Å². The zero-order valence-corrected chi connectivity index (χ0v) is 11.0. The summed E-state index contributed by atoms with van der Waals surface area (Å²) in [6.07, 6.45) is 3.18. The van der Waals surface area contributed by atoms with E-state index in [0.717, 1.165) is 0 Å². The molecule has 2 rings (SSSR count). The second-order valence-electron chi connectivity index (χ2n) is 4.95. The number of rotatable bonds is 1. The van der Waals surface area contributed by atoms with Gasteiger partial charge in [0.1, 0.15) is 0 Å². The van der Waals surface area contributed by atoms with Crippen molar-refractivity contribution in [3.63, 3.8) is 0 Å². The number of fused-ring (bicyclic) bond motifs is 1. The number of ether oxygens (including phenoxy) is 2. The van der Waals surface area contributed by atoms with Gasteiger partial charge < -0.3 is 9.47 Å². The van der Waals surface area contributed by atoms with E-state index in [9.17, 15) is 0 Å². The van der Waals surface area contributed by atoms with Gasteiger partial charge in [-0.3, -0.25) is 0 Å². The minimum Gasteiger partial charge on any atom is -0.344 e. The van der Waals surface area contributed by atoms with Crippen LogP contribution in [0.15, 0.2) is 0 Å². The van der Waals surface area contributed by atoms with Gasteiger partial charge in [-0.15, -0.1) is 0 Å². The average Bonchev–Trinajstić information content (AvgIpc) is 2.65. The van der Waals surface area contributed by atoms with E-state index >= 15 is 0 Å². The summed E-state index contributed by atoms with van der Waals surface area (Å²) in [7, 11) is 0. The number of hydrogen-bond acceptors (Lipinski definition) is 2. The molecule has 2 heteroatoms. The fourth-order valence-corrected chi connectivity index (χ4v) is 2.77. The highest BCUT2D eigenvalue weighted by Crippen LogP contribution is 2.45. The molecule has 1 saturated carbocycles. The molecule has 0 aromatic carbocycles. The van der Waals surface area contributed by atoms with Crippen molar-refractivity contribution >= 4 is 0 Å². The number of hydrogen-bond donors (Lipinski definition) is 0. The van der Waals surface area contributed by atoms with Crippen molar-refractivity contribution in [2.24, 2.45) is 11.8 Å². The Balaban J connectivity index is 0.000000531. The van der Waals surface area contributed by atoms with E-state index in [1.54, 1.807) is 0 Å². The van der Waals surface area contributed by atoms with Gasteiger partial charge in [-0.2, -0.15) is 0 Å². The minimum absolute atomic E-state index is 0.347. The molecule has 0 aromatic heterocycles. The third kappa shape index (κ3) is 2.54. The normalized spacial score (nSPS) is 42.0. The lowest BCUT2D eigenvalue weighted by atomic mass is 10.0. The Morgan fingerprint density at radius 1 is 1.13 bits per heavy atom. The second kappa shape index (κ2) is 4.84. The molecule has 0 amide bonds. The predicted octanol–water partition coefficient (Wildman–Crippen LogP) is 3.60. The molecule has 1 saturated heterocycles. The first kappa shape index (κ1) is 13.0. The SMILES string of the molecule is CC.CC[C@H]1C[C@@H](C)[C@@H]2OC(C)(C)O[C@H]12. The van der Waals surface area contributed by atoms with Gasteiger partial charge in [-0.1, -0.05) is 34.1 Å². The Labute approximate surface area is 94.3 Å². The van der Waals surface area contributed by atoms with Crippen LogP contribution in [-0.4, -0.2) is 18.0 Å². The molecule has 0 radical (unpaired) electrons. The lowest BCUT2D eigenvalue weighted by Crippen LogP contribution is -2.24. The maximum absolute atomic E-state index is 5.92. The lowest BCUT2D eigenvalue weighted by molar-refractivity contribution is -0.160. The monoisotopic (exact) mass is 214 g/mol. The van der Waals surface area contributed by atoms with Gasteiger partial charge in [0.15, 0.2) is 5.79 Å². The summed E-state index contributed by atoms with van der Waals surface area (Å²) >= 11 is 0. The van der Waals surface area contributed by atoms with E-state index in [1.807, 2.05) is 27.7 Å². The van der Waals surface area contributed by atoms with Gasteiger partial charge in [-0.25, -0.2) is 0 Å². The quantitative estimate of drug-likeness (QED) is 0.664. The topological polar surface area (TPSA) is 18.5 Å². The van der Waals surface area contributed by atoms with Crippen molar-refractivity contribution in [2.45, 2.75) is 72.4 Å². The summed E-state index contributed by atoms with van der Waals surface area (Å²) in [6.45, 7) is 12.6. The van der Waals surface area contributed by atoms with Gasteiger partial charge >= 0.3 is 0 Å². The molecular formula is C13H26O2. The molecule has 0 aromatic rings. The van der Waals surface area contributed by atoms with Crippen LogP contribution in [0.4, 0.5) is 0 Å². The van der Waals surface area contributed by atoms with Crippen LogP contribution in [0.3, 0.4) is 0 Å². The lowest BCUT2D eigenvalue weighted by Gasteiger charge is -2.21. The first-order valence-corrected chi connectivity index (χ1v) is 6.39. The fraction of sp³-hybridized carbons (Fsp3) is 1.00. The van der Waals surface area contributed by atoms with E-state index in [4.69, 9.17) is 9.47 Å². The van der Waals surface area contributed by atoms with Crippen molar-refractivity contribution in [1.29, 1.82) is 0 Å². The van der Waals surface area contributed by atoms with Crippen LogP contribution >= 0.6 is 0 Å². The largest absolute Gasteiger partial charge is 0.344 e. The standard InChI is InChI=1S/C11H20O2.C2H6/c1-5-8-6-7(2)9-10(8)13-11(3,4)12-9;1-2/h7-10H,5-6H2,1-4H3;1-2H3/t7-,8+,9+,10-;/m1./s1. The van der Waals surface area contributed by atoms with Crippen LogP contribution in [0.1, 0.15) is 54.4 Å². The van der Waals surface area contributed by atoms with E-state index in [1.165, 1.54) is 12.8 Å². The summed E-state index contributed by atoms with van der Waals surface area (Å²) in [5, 5.41) is 0. The first-order chi connectivity index (χ1) is 7.03. The third-order valence-corrected chi connectivity index (χ3v) is 3.39. The molecule has 0 unspecified atom stereocenters. The average molecular weight is 214 g/mol.